The Morgan fingerprint density at radius 1 is 1.07 bits per heavy atom. The minimum atomic E-state index is -0.257. The van der Waals surface area contributed by atoms with Gasteiger partial charge in [-0.3, -0.25) is 19.3 Å². The summed E-state index contributed by atoms with van der Waals surface area (Å²) in [5, 5.41) is 3.76. The number of anilines is 1. The van der Waals surface area contributed by atoms with E-state index in [-0.39, 0.29) is 37.1 Å². The molecular formula is C21H19N3O4. The molecule has 7 nitrogen and oxygen atoms in total. The maximum absolute atomic E-state index is 12.5. The van der Waals surface area contributed by atoms with Crippen molar-refractivity contribution in [2.24, 2.45) is 0 Å². The third-order valence-electron chi connectivity index (χ3n) is 4.78. The van der Waals surface area contributed by atoms with Crippen LogP contribution in [0.15, 0.2) is 48.5 Å². The van der Waals surface area contributed by atoms with Crippen molar-refractivity contribution in [1.82, 2.24) is 9.88 Å². The van der Waals surface area contributed by atoms with Crippen LogP contribution in [0.2, 0.25) is 0 Å². The van der Waals surface area contributed by atoms with Crippen molar-refractivity contribution in [3.8, 4) is 5.75 Å². The van der Waals surface area contributed by atoms with Crippen LogP contribution in [0.3, 0.4) is 0 Å². The maximum Gasteiger partial charge on any atom is 0.272 e. The number of nitrogens with zero attached hydrogens (tertiary/aromatic N) is 1. The number of methoxy groups -OCH3 is 1. The number of amides is 3. The summed E-state index contributed by atoms with van der Waals surface area (Å²) in [6.07, 6.45) is 0.562. The predicted molar refractivity (Wildman–Crippen MR) is 104 cm³/mol. The maximum atomic E-state index is 12.5. The van der Waals surface area contributed by atoms with Crippen molar-refractivity contribution in [2.75, 3.05) is 12.4 Å². The van der Waals surface area contributed by atoms with Gasteiger partial charge in [0.2, 0.25) is 11.8 Å². The van der Waals surface area contributed by atoms with Gasteiger partial charge in [-0.25, -0.2) is 0 Å². The normalized spacial score (nSPS) is 14.0. The molecule has 1 aromatic heterocycles. The molecule has 3 aromatic rings. The average Bonchev–Trinajstić information content (AvgIpc) is 3.27. The highest BCUT2D eigenvalue weighted by molar-refractivity contribution is 6.06. The first-order chi connectivity index (χ1) is 13.5. The van der Waals surface area contributed by atoms with E-state index in [4.69, 9.17) is 4.74 Å². The zero-order valence-corrected chi connectivity index (χ0v) is 15.3. The van der Waals surface area contributed by atoms with Crippen LogP contribution in [0.4, 0.5) is 5.69 Å². The Bertz CT molecular complexity index is 1050. The standard InChI is InChI=1S/C21H19N3O4/c1-28-16-7-4-14-10-18(23-17(14)11-16)21(27)22-15-5-2-13(3-6-15)12-24-19(25)8-9-20(24)26/h2-7,10-11,23H,8-9,12H2,1H3,(H,22,27). The van der Waals surface area contributed by atoms with Gasteiger partial charge in [-0.05, 0) is 35.9 Å². The van der Waals surface area contributed by atoms with Gasteiger partial charge in [0.25, 0.3) is 5.91 Å². The summed E-state index contributed by atoms with van der Waals surface area (Å²) in [6, 6.07) is 14.4. The Morgan fingerprint density at radius 2 is 1.79 bits per heavy atom. The van der Waals surface area contributed by atoms with E-state index >= 15 is 0 Å². The fourth-order valence-electron chi connectivity index (χ4n) is 3.23. The van der Waals surface area contributed by atoms with E-state index in [1.165, 1.54) is 4.90 Å². The number of carbonyl (C=O) groups is 3. The number of benzene rings is 2. The molecule has 0 bridgehead atoms. The summed E-state index contributed by atoms with van der Waals surface area (Å²) in [5.41, 5.74) is 2.73. The summed E-state index contributed by atoms with van der Waals surface area (Å²) in [6.45, 7) is 0.260. The van der Waals surface area contributed by atoms with E-state index in [1.807, 2.05) is 18.2 Å². The number of aromatic nitrogens is 1. The molecule has 0 atom stereocenters. The summed E-state index contributed by atoms with van der Waals surface area (Å²) in [7, 11) is 1.59. The summed E-state index contributed by atoms with van der Waals surface area (Å²) >= 11 is 0. The van der Waals surface area contributed by atoms with Crippen LogP contribution in [-0.2, 0) is 16.1 Å². The molecule has 142 valence electrons. The molecule has 28 heavy (non-hydrogen) atoms. The number of imide groups is 1. The van der Waals surface area contributed by atoms with Crippen LogP contribution >= 0.6 is 0 Å². The smallest absolute Gasteiger partial charge is 0.272 e. The first kappa shape index (κ1) is 17.8. The fourth-order valence-corrected chi connectivity index (χ4v) is 3.23. The molecule has 0 radical (unpaired) electrons. The molecule has 7 heteroatoms. The molecule has 1 fully saturated rings. The second-order valence-corrected chi connectivity index (χ2v) is 6.66. The van der Waals surface area contributed by atoms with Gasteiger partial charge in [-0.2, -0.15) is 0 Å². The average molecular weight is 377 g/mol. The number of ether oxygens (including phenoxy) is 1. The van der Waals surface area contributed by atoms with Crippen molar-refractivity contribution < 1.29 is 19.1 Å². The lowest BCUT2D eigenvalue weighted by molar-refractivity contribution is -0.139. The molecule has 3 amide bonds. The van der Waals surface area contributed by atoms with Crippen molar-refractivity contribution in [3.63, 3.8) is 0 Å². The number of fused-ring (bicyclic) bond motifs is 1. The zero-order chi connectivity index (χ0) is 19.7. The van der Waals surface area contributed by atoms with Gasteiger partial charge in [0, 0.05) is 35.5 Å². The minimum Gasteiger partial charge on any atom is -0.497 e. The third kappa shape index (κ3) is 3.46. The van der Waals surface area contributed by atoms with Gasteiger partial charge >= 0.3 is 0 Å². The monoisotopic (exact) mass is 377 g/mol. The number of hydrogen-bond donors (Lipinski definition) is 2. The van der Waals surface area contributed by atoms with Crippen molar-refractivity contribution in [1.29, 1.82) is 0 Å². The molecule has 0 unspecified atom stereocenters. The van der Waals surface area contributed by atoms with Crippen LogP contribution in [0, 0.1) is 0 Å². The lowest BCUT2D eigenvalue weighted by atomic mass is 10.2. The second-order valence-electron chi connectivity index (χ2n) is 6.66. The van der Waals surface area contributed by atoms with E-state index in [9.17, 15) is 14.4 Å². The van der Waals surface area contributed by atoms with Crippen molar-refractivity contribution in [3.05, 3.63) is 59.8 Å². The Hall–Kier alpha value is -3.61. The highest BCUT2D eigenvalue weighted by Crippen LogP contribution is 2.22. The minimum absolute atomic E-state index is 0.141. The topological polar surface area (TPSA) is 91.5 Å². The van der Waals surface area contributed by atoms with Gasteiger partial charge in [-0.1, -0.05) is 12.1 Å². The molecule has 0 aliphatic carbocycles. The van der Waals surface area contributed by atoms with E-state index in [1.54, 1.807) is 37.4 Å². The van der Waals surface area contributed by atoms with Gasteiger partial charge in [-0.15, -0.1) is 0 Å². The Labute approximate surface area is 161 Å². The van der Waals surface area contributed by atoms with Gasteiger partial charge in [0.15, 0.2) is 0 Å². The van der Waals surface area contributed by atoms with E-state index in [0.29, 0.717) is 17.1 Å². The molecule has 2 aromatic carbocycles. The lowest BCUT2D eigenvalue weighted by Gasteiger charge is -2.14. The Balaban J connectivity index is 1.44. The summed E-state index contributed by atoms with van der Waals surface area (Å²) in [4.78, 5) is 40.3. The van der Waals surface area contributed by atoms with E-state index in [2.05, 4.69) is 10.3 Å². The number of aromatic amines is 1. The summed E-state index contributed by atoms with van der Waals surface area (Å²) < 4.78 is 5.19. The molecule has 2 heterocycles. The molecule has 1 aliphatic heterocycles. The van der Waals surface area contributed by atoms with Gasteiger partial charge in [0.05, 0.1) is 13.7 Å². The first-order valence-electron chi connectivity index (χ1n) is 8.94. The quantitative estimate of drug-likeness (QED) is 0.669. The second kappa shape index (κ2) is 7.19. The molecule has 0 spiro atoms. The summed E-state index contributed by atoms with van der Waals surface area (Å²) in [5.74, 6) is 0.176. The number of hydrogen-bond acceptors (Lipinski definition) is 4. The van der Waals surface area contributed by atoms with Crippen LogP contribution in [0.5, 0.6) is 5.75 Å². The van der Waals surface area contributed by atoms with Crippen molar-refractivity contribution >= 4 is 34.3 Å². The molecule has 1 saturated heterocycles. The van der Waals surface area contributed by atoms with Gasteiger partial charge < -0.3 is 15.0 Å². The first-order valence-corrected chi connectivity index (χ1v) is 8.94. The predicted octanol–water partition coefficient (Wildman–Crippen LogP) is 3.08. The molecule has 1 aliphatic rings. The number of nitrogens with one attached hydrogen (secondary N) is 2. The zero-order valence-electron chi connectivity index (χ0n) is 15.3. The number of H-pyrrole nitrogens is 1. The molecule has 0 saturated carbocycles. The third-order valence-corrected chi connectivity index (χ3v) is 4.78. The van der Waals surface area contributed by atoms with Crippen LogP contribution in [0.25, 0.3) is 10.9 Å². The highest BCUT2D eigenvalue weighted by atomic mass is 16.5. The number of rotatable bonds is 5. The van der Waals surface area contributed by atoms with E-state index < -0.39 is 0 Å². The van der Waals surface area contributed by atoms with Gasteiger partial charge in [0.1, 0.15) is 11.4 Å². The number of carbonyl (C=O) groups excluding carboxylic acids is 3. The van der Waals surface area contributed by atoms with Crippen LogP contribution in [0.1, 0.15) is 28.9 Å². The van der Waals surface area contributed by atoms with E-state index in [0.717, 1.165) is 16.5 Å². The number of likely N-dealkylation sites (tertiary alicyclic amines) is 1. The molecule has 4 rings (SSSR count). The molecular weight excluding hydrogens is 358 g/mol. The molecule has 2 N–H and O–H groups in total. The van der Waals surface area contributed by atoms with Crippen LogP contribution < -0.4 is 10.1 Å². The Kier molecular flexibility index (Phi) is 4.57. The Morgan fingerprint density at radius 3 is 2.46 bits per heavy atom. The largest absolute Gasteiger partial charge is 0.497 e. The SMILES string of the molecule is COc1ccc2cc(C(=O)Nc3ccc(CN4C(=O)CCC4=O)cc3)[nH]c2c1. The van der Waals surface area contributed by atoms with Crippen LogP contribution in [-0.4, -0.2) is 34.7 Å². The lowest BCUT2D eigenvalue weighted by Crippen LogP contribution is -2.28. The van der Waals surface area contributed by atoms with Crippen molar-refractivity contribution in [2.45, 2.75) is 19.4 Å². The fraction of sp³-hybridized carbons (Fsp3) is 0.190. The highest BCUT2D eigenvalue weighted by Gasteiger charge is 2.28.